The summed E-state index contributed by atoms with van der Waals surface area (Å²) >= 11 is 0. The first-order valence-electron chi connectivity index (χ1n) is 9.52. The molecule has 2 atom stereocenters. The van der Waals surface area contributed by atoms with Crippen LogP contribution in [0.4, 0.5) is 0 Å². The van der Waals surface area contributed by atoms with Gasteiger partial charge in [0.2, 0.25) is 5.91 Å². The van der Waals surface area contributed by atoms with Crippen LogP contribution in [0.2, 0.25) is 0 Å². The highest BCUT2D eigenvalue weighted by Gasteiger charge is 2.35. The maximum absolute atomic E-state index is 12.1. The van der Waals surface area contributed by atoms with Crippen molar-refractivity contribution in [3.8, 4) is 0 Å². The fourth-order valence-corrected chi connectivity index (χ4v) is 4.12. The average molecular weight is 470 g/mol. The second kappa shape index (κ2) is 10.7. The smallest absolute Gasteiger partial charge is 0.239 e. The third-order valence-electron chi connectivity index (χ3n) is 5.47. The molecule has 5 nitrogen and oxygen atoms in total. The number of hydrogen-bond donors (Lipinski definition) is 2. The maximum atomic E-state index is 12.1. The summed E-state index contributed by atoms with van der Waals surface area (Å²) in [6.07, 6.45) is 6.28. The largest absolute Gasteiger partial charge is 0.354 e. The van der Waals surface area contributed by atoms with Gasteiger partial charge in [-0.15, -0.1) is 24.0 Å². The Morgan fingerprint density at radius 1 is 1.12 bits per heavy atom. The Balaban J connectivity index is 0.00000243. The van der Waals surface area contributed by atoms with Crippen molar-refractivity contribution >= 4 is 35.8 Å². The van der Waals surface area contributed by atoms with Gasteiger partial charge in [-0.2, -0.15) is 0 Å². The van der Waals surface area contributed by atoms with Gasteiger partial charge in [0.15, 0.2) is 5.96 Å². The number of nitrogens with one attached hydrogen (secondary N) is 2. The lowest BCUT2D eigenvalue weighted by Gasteiger charge is -2.22. The first kappa shape index (κ1) is 21.0. The van der Waals surface area contributed by atoms with Crippen molar-refractivity contribution in [1.82, 2.24) is 15.5 Å². The molecule has 6 heteroatoms. The molecule has 0 aromatic heterocycles. The minimum Gasteiger partial charge on any atom is -0.354 e. The Kier molecular flexibility index (Phi) is 8.68. The number of aliphatic imine (C=N–C) groups is 1. The zero-order chi connectivity index (χ0) is 17.5. The molecule has 144 valence electrons. The molecule has 26 heavy (non-hydrogen) atoms. The molecule has 1 amide bonds. The van der Waals surface area contributed by atoms with Crippen LogP contribution < -0.4 is 10.6 Å². The van der Waals surface area contributed by atoms with Crippen LogP contribution in [0.1, 0.15) is 31.2 Å². The summed E-state index contributed by atoms with van der Waals surface area (Å²) in [5.74, 6) is 2.51. The van der Waals surface area contributed by atoms with Crippen molar-refractivity contribution in [1.29, 1.82) is 0 Å². The molecule has 2 unspecified atom stereocenters. The van der Waals surface area contributed by atoms with E-state index in [1.165, 1.54) is 31.2 Å². The highest BCUT2D eigenvalue weighted by molar-refractivity contribution is 14.0. The van der Waals surface area contributed by atoms with Gasteiger partial charge in [-0.3, -0.25) is 9.79 Å². The monoisotopic (exact) mass is 470 g/mol. The first-order valence-corrected chi connectivity index (χ1v) is 9.52. The molecule has 0 radical (unpaired) electrons. The molecule has 3 rings (SSSR count). The van der Waals surface area contributed by atoms with E-state index in [2.05, 4.69) is 32.7 Å². The van der Waals surface area contributed by atoms with Gasteiger partial charge in [0.1, 0.15) is 0 Å². The number of likely N-dealkylation sites (tertiary alicyclic amines) is 1. The lowest BCUT2D eigenvalue weighted by molar-refractivity contribution is -0.120. The SMILES string of the molecule is CN=C(NCC(=O)NCCc1ccccc1)N1CC2CCCCC2C1.I. The summed E-state index contributed by atoms with van der Waals surface area (Å²) in [5.41, 5.74) is 1.24. The molecule has 1 aliphatic heterocycles. The van der Waals surface area contributed by atoms with Gasteiger partial charge < -0.3 is 15.5 Å². The second-order valence-corrected chi connectivity index (χ2v) is 7.20. The van der Waals surface area contributed by atoms with E-state index in [4.69, 9.17) is 0 Å². The molecule has 2 aliphatic rings. The number of nitrogens with zero attached hydrogens (tertiary/aromatic N) is 2. The van der Waals surface area contributed by atoms with Crippen LogP contribution in [0, 0.1) is 11.8 Å². The predicted octanol–water partition coefficient (Wildman–Crippen LogP) is 2.66. The van der Waals surface area contributed by atoms with E-state index < -0.39 is 0 Å². The van der Waals surface area contributed by atoms with Crippen LogP contribution in [-0.2, 0) is 11.2 Å². The lowest BCUT2D eigenvalue weighted by atomic mass is 9.82. The minimum atomic E-state index is 0. The van der Waals surface area contributed by atoms with Crippen LogP contribution in [0.25, 0.3) is 0 Å². The Morgan fingerprint density at radius 2 is 1.77 bits per heavy atom. The Hall–Kier alpha value is -1.31. The summed E-state index contributed by atoms with van der Waals surface area (Å²) in [6.45, 7) is 3.12. The zero-order valence-electron chi connectivity index (χ0n) is 15.6. The highest BCUT2D eigenvalue weighted by atomic mass is 127. The number of hydrogen-bond acceptors (Lipinski definition) is 2. The molecule has 1 aromatic carbocycles. The standard InChI is InChI=1S/C20H30N4O.HI/c1-21-20(24-14-17-9-5-6-10-18(17)15-24)23-13-19(25)22-12-11-16-7-3-2-4-8-16;/h2-4,7-8,17-18H,5-6,9-15H2,1H3,(H,21,23)(H,22,25);1H. The molecule has 1 aliphatic carbocycles. The highest BCUT2D eigenvalue weighted by Crippen LogP contribution is 2.35. The average Bonchev–Trinajstić information content (AvgIpc) is 3.07. The van der Waals surface area contributed by atoms with Gasteiger partial charge in [0, 0.05) is 26.7 Å². The summed E-state index contributed by atoms with van der Waals surface area (Å²) in [5, 5.41) is 6.21. The van der Waals surface area contributed by atoms with E-state index in [1.54, 1.807) is 7.05 Å². The van der Waals surface area contributed by atoms with E-state index in [9.17, 15) is 4.79 Å². The fraction of sp³-hybridized carbons (Fsp3) is 0.600. The Morgan fingerprint density at radius 3 is 2.38 bits per heavy atom. The van der Waals surface area contributed by atoms with Crippen molar-refractivity contribution in [3.63, 3.8) is 0 Å². The number of carbonyl (C=O) groups excluding carboxylic acids is 1. The lowest BCUT2D eigenvalue weighted by Crippen LogP contribution is -2.45. The number of carbonyl (C=O) groups is 1. The maximum Gasteiger partial charge on any atom is 0.239 e. The van der Waals surface area contributed by atoms with Crippen LogP contribution in [0.5, 0.6) is 0 Å². The summed E-state index contributed by atoms with van der Waals surface area (Å²) < 4.78 is 0. The van der Waals surface area contributed by atoms with E-state index in [0.29, 0.717) is 6.54 Å². The quantitative estimate of drug-likeness (QED) is 0.395. The van der Waals surface area contributed by atoms with Gasteiger partial charge in [0.05, 0.1) is 6.54 Å². The Bertz CT molecular complexity index is 579. The molecular formula is C20H31IN4O. The summed E-state index contributed by atoms with van der Waals surface area (Å²) in [4.78, 5) is 18.8. The molecule has 1 heterocycles. The molecule has 1 saturated carbocycles. The molecule has 2 N–H and O–H groups in total. The van der Waals surface area contributed by atoms with Gasteiger partial charge in [-0.25, -0.2) is 0 Å². The Labute approximate surface area is 174 Å². The number of guanidine groups is 1. The zero-order valence-corrected chi connectivity index (χ0v) is 17.9. The van der Waals surface area contributed by atoms with E-state index in [1.807, 2.05) is 18.2 Å². The van der Waals surface area contributed by atoms with Crippen LogP contribution in [0.3, 0.4) is 0 Å². The van der Waals surface area contributed by atoms with Gasteiger partial charge >= 0.3 is 0 Å². The van der Waals surface area contributed by atoms with Gasteiger partial charge in [0.25, 0.3) is 0 Å². The number of fused-ring (bicyclic) bond motifs is 1. The predicted molar refractivity (Wildman–Crippen MR) is 117 cm³/mol. The van der Waals surface area contributed by atoms with Crippen molar-refractivity contribution < 1.29 is 4.79 Å². The minimum absolute atomic E-state index is 0. The normalized spacial score (nSPS) is 22.3. The van der Waals surface area contributed by atoms with Crippen LogP contribution in [0.15, 0.2) is 35.3 Å². The van der Waals surface area contributed by atoms with E-state index in [0.717, 1.165) is 37.3 Å². The number of halogens is 1. The molecule has 0 bridgehead atoms. The third kappa shape index (κ3) is 5.86. The van der Waals surface area contributed by atoms with Crippen molar-refractivity contribution in [2.24, 2.45) is 16.8 Å². The number of amides is 1. The number of rotatable bonds is 5. The van der Waals surface area contributed by atoms with E-state index >= 15 is 0 Å². The molecule has 1 aromatic rings. The topological polar surface area (TPSA) is 56.7 Å². The second-order valence-electron chi connectivity index (χ2n) is 7.20. The number of benzene rings is 1. The van der Waals surface area contributed by atoms with Gasteiger partial charge in [-0.05, 0) is 36.7 Å². The molecule has 1 saturated heterocycles. The summed E-state index contributed by atoms with van der Waals surface area (Å²) in [6, 6.07) is 10.2. The molecular weight excluding hydrogens is 439 g/mol. The van der Waals surface area contributed by atoms with E-state index in [-0.39, 0.29) is 36.4 Å². The molecule has 2 fully saturated rings. The van der Waals surface area contributed by atoms with Crippen molar-refractivity contribution in [3.05, 3.63) is 35.9 Å². The third-order valence-corrected chi connectivity index (χ3v) is 5.47. The fourth-order valence-electron chi connectivity index (χ4n) is 4.12. The van der Waals surface area contributed by atoms with Gasteiger partial charge in [-0.1, -0.05) is 43.2 Å². The first-order chi connectivity index (χ1) is 12.3. The van der Waals surface area contributed by atoms with Crippen LogP contribution >= 0.6 is 24.0 Å². The van der Waals surface area contributed by atoms with Crippen molar-refractivity contribution in [2.45, 2.75) is 32.1 Å². The van der Waals surface area contributed by atoms with Crippen LogP contribution in [-0.4, -0.2) is 50.0 Å². The molecule has 0 spiro atoms. The summed E-state index contributed by atoms with van der Waals surface area (Å²) in [7, 11) is 1.80. The van der Waals surface area contributed by atoms with Crippen molar-refractivity contribution in [2.75, 3.05) is 33.2 Å².